The number of hydrogen-bond acceptors (Lipinski definition) is 2. The van der Waals surface area contributed by atoms with E-state index in [1.165, 1.54) is 32.1 Å². The Labute approximate surface area is 106 Å². The SMILES string of the molecule is CC.CCO.OCC1CC2CC1C1CCCC21. The molecule has 0 aromatic carbocycles. The van der Waals surface area contributed by atoms with Crippen LogP contribution in [0.25, 0.3) is 0 Å². The maximum absolute atomic E-state index is 9.21. The minimum absolute atomic E-state index is 0.250. The molecule has 2 heteroatoms. The van der Waals surface area contributed by atoms with Gasteiger partial charge in [-0.1, -0.05) is 20.3 Å². The van der Waals surface area contributed by atoms with Crippen molar-refractivity contribution in [2.24, 2.45) is 29.6 Å². The first-order valence-corrected chi connectivity index (χ1v) is 7.53. The lowest BCUT2D eigenvalue weighted by molar-refractivity contribution is 0.121. The quantitative estimate of drug-likeness (QED) is 0.742. The van der Waals surface area contributed by atoms with E-state index < -0.39 is 0 Å². The van der Waals surface area contributed by atoms with Gasteiger partial charge in [-0.25, -0.2) is 0 Å². The average molecular weight is 242 g/mol. The minimum atomic E-state index is 0.250. The van der Waals surface area contributed by atoms with Crippen LogP contribution in [0.5, 0.6) is 0 Å². The molecule has 2 nitrogen and oxygen atoms in total. The Kier molecular flexibility index (Phi) is 6.50. The van der Waals surface area contributed by atoms with Gasteiger partial charge in [0.1, 0.15) is 0 Å². The molecule has 2 bridgehead atoms. The third kappa shape index (κ3) is 3.03. The fraction of sp³-hybridized carbons (Fsp3) is 1.00. The Morgan fingerprint density at radius 2 is 1.53 bits per heavy atom. The van der Waals surface area contributed by atoms with Gasteiger partial charge in [-0.2, -0.15) is 0 Å². The molecular formula is C15H30O2. The molecule has 0 saturated heterocycles. The second-order valence-electron chi connectivity index (χ2n) is 5.41. The smallest absolute Gasteiger partial charge is 0.0462 e. The van der Waals surface area contributed by atoms with Gasteiger partial charge in [0.2, 0.25) is 0 Å². The van der Waals surface area contributed by atoms with Gasteiger partial charge in [-0.05, 0) is 62.2 Å². The van der Waals surface area contributed by atoms with Gasteiger partial charge in [0.15, 0.2) is 0 Å². The van der Waals surface area contributed by atoms with Crippen LogP contribution in [0.3, 0.4) is 0 Å². The summed E-state index contributed by atoms with van der Waals surface area (Å²) in [5, 5.41) is 16.8. The lowest BCUT2D eigenvalue weighted by atomic mass is 9.76. The molecular weight excluding hydrogens is 212 g/mol. The fourth-order valence-electron chi connectivity index (χ4n) is 4.42. The summed E-state index contributed by atoms with van der Waals surface area (Å²) >= 11 is 0. The summed E-state index contributed by atoms with van der Waals surface area (Å²) in [5.74, 6) is 4.74. The Hall–Kier alpha value is -0.0800. The highest BCUT2D eigenvalue weighted by molar-refractivity contribution is 5.02. The lowest BCUT2D eigenvalue weighted by Crippen LogP contribution is -2.26. The van der Waals surface area contributed by atoms with Crippen molar-refractivity contribution in [2.45, 2.75) is 52.9 Å². The molecule has 3 fully saturated rings. The highest BCUT2D eigenvalue weighted by Gasteiger charge is 2.53. The first-order valence-electron chi connectivity index (χ1n) is 7.53. The van der Waals surface area contributed by atoms with Gasteiger partial charge < -0.3 is 10.2 Å². The van der Waals surface area contributed by atoms with Crippen LogP contribution in [0.15, 0.2) is 0 Å². The summed E-state index contributed by atoms with van der Waals surface area (Å²) < 4.78 is 0. The zero-order valence-corrected chi connectivity index (χ0v) is 11.7. The third-order valence-electron chi connectivity index (χ3n) is 4.80. The van der Waals surface area contributed by atoms with Crippen LogP contribution in [0.1, 0.15) is 52.9 Å². The van der Waals surface area contributed by atoms with Crippen LogP contribution in [0.2, 0.25) is 0 Å². The topological polar surface area (TPSA) is 40.5 Å². The molecule has 0 spiro atoms. The van der Waals surface area contributed by atoms with E-state index in [1.807, 2.05) is 13.8 Å². The monoisotopic (exact) mass is 242 g/mol. The summed E-state index contributed by atoms with van der Waals surface area (Å²) in [6.07, 6.45) is 7.26. The number of rotatable bonds is 1. The molecule has 5 unspecified atom stereocenters. The van der Waals surface area contributed by atoms with E-state index in [0.29, 0.717) is 12.5 Å². The standard InChI is InChI=1S/C11H18O.C2H6O.C2H6/c12-6-8-4-7-5-11(8)10-3-1-2-9(7)10;1-2-3;1-2/h7-12H,1-6H2;3H,2H2,1H3;1-2H3. The first kappa shape index (κ1) is 15.0. The van der Waals surface area contributed by atoms with Gasteiger partial charge in [0.25, 0.3) is 0 Å². The molecule has 0 heterocycles. The average Bonchev–Trinajstić information content (AvgIpc) is 3.04. The summed E-state index contributed by atoms with van der Waals surface area (Å²) in [6.45, 7) is 6.39. The highest BCUT2D eigenvalue weighted by atomic mass is 16.3. The number of hydrogen-bond donors (Lipinski definition) is 2. The second-order valence-corrected chi connectivity index (χ2v) is 5.41. The van der Waals surface area contributed by atoms with Crippen molar-refractivity contribution < 1.29 is 10.2 Å². The molecule has 2 N–H and O–H groups in total. The van der Waals surface area contributed by atoms with Gasteiger partial charge >= 0.3 is 0 Å². The van der Waals surface area contributed by atoms with Crippen molar-refractivity contribution in [1.29, 1.82) is 0 Å². The zero-order chi connectivity index (χ0) is 12.8. The molecule has 0 radical (unpaired) electrons. The van der Waals surface area contributed by atoms with E-state index in [1.54, 1.807) is 6.92 Å². The fourth-order valence-corrected chi connectivity index (χ4v) is 4.42. The number of aliphatic hydroxyl groups excluding tert-OH is 2. The van der Waals surface area contributed by atoms with E-state index in [2.05, 4.69) is 0 Å². The van der Waals surface area contributed by atoms with Crippen molar-refractivity contribution in [1.82, 2.24) is 0 Å². The molecule has 5 atom stereocenters. The number of aliphatic hydroxyl groups is 2. The summed E-state index contributed by atoms with van der Waals surface area (Å²) in [4.78, 5) is 0. The van der Waals surface area contributed by atoms with Crippen LogP contribution < -0.4 is 0 Å². The van der Waals surface area contributed by atoms with Crippen molar-refractivity contribution >= 4 is 0 Å². The van der Waals surface area contributed by atoms with Crippen LogP contribution in [0.4, 0.5) is 0 Å². The Balaban J connectivity index is 0.000000256. The molecule has 0 aliphatic heterocycles. The van der Waals surface area contributed by atoms with Gasteiger partial charge in [0, 0.05) is 13.2 Å². The predicted molar refractivity (Wildman–Crippen MR) is 71.7 cm³/mol. The zero-order valence-electron chi connectivity index (χ0n) is 11.7. The molecule has 3 aliphatic rings. The Morgan fingerprint density at radius 1 is 0.941 bits per heavy atom. The van der Waals surface area contributed by atoms with Crippen LogP contribution in [-0.2, 0) is 0 Å². The van der Waals surface area contributed by atoms with Crippen LogP contribution in [-0.4, -0.2) is 23.4 Å². The Morgan fingerprint density at radius 3 is 2.12 bits per heavy atom. The largest absolute Gasteiger partial charge is 0.397 e. The van der Waals surface area contributed by atoms with E-state index >= 15 is 0 Å². The van der Waals surface area contributed by atoms with Gasteiger partial charge in [-0.15, -0.1) is 0 Å². The third-order valence-corrected chi connectivity index (χ3v) is 4.80. The van der Waals surface area contributed by atoms with Crippen molar-refractivity contribution in [3.05, 3.63) is 0 Å². The molecule has 3 saturated carbocycles. The molecule has 102 valence electrons. The van der Waals surface area contributed by atoms with Crippen molar-refractivity contribution in [3.8, 4) is 0 Å². The van der Waals surface area contributed by atoms with Crippen molar-refractivity contribution in [3.63, 3.8) is 0 Å². The second kappa shape index (κ2) is 7.38. The minimum Gasteiger partial charge on any atom is -0.397 e. The van der Waals surface area contributed by atoms with E-state index in [4.69, 9.17) is 5.11 Å². The predicted octanol–water partition coefficient (Wildman–Crippen LogP) is 3.08. The van der Waals surface area contributed by atoms with E-state index in [0.717, 1.165) is 23.7 Å². The lowest BCUT2D eigenvalue weighted by Gasteiger charge is -2.30. The maximum atomic E-state index is 9.21. The van der Waals surface area contributed by atoms with Crippen LogP contribution in [0, 0.1) is 29.6 Å². The molecule has 0 aromatic rings. The normalized spacial score (nSPS) is 41.1. The highest BCUT2D eigenvalue weighted by Crippen LogP contribution is 2.60. The summed E-state index contributed by atoms with van der Waals surface area (Å²) in [5.41, 5.74) is 0. The molecule has 3 rings (SSSR count). The van der Waals surface area contributed by atoms with Crippen LogP contribution >= 0.6 is 0 Å². The van der Waals surface area contributed by atoms with E-state index in [-0.39, 0.29) is 6.61 Å². The molecule has 0 amide bonds. The number of fused-ring (bicyclic) bond motifs is 5. The van der Waals surface area contributed by atoms with Gasteiger partial charge in [-0.3, -0.25) is 0 Å². The molecule has 17 heavy (non-hydrogen) atoms. The first-order chi connectivity index (χ1) is 8.31. The maximum Gasteiger partial charge on any atom is 0.0462 e. The Bertz CT molecular complexity index is 203. The summed E-state index contributed by atoms with van der Waals surface area (Å²) in [6, 6.07) is 0. The summed E-state index contributed by atoms with van der Waals surface area (Å²) in [7, 11) is 0. The van der Waals surface area contributed by atoms with E-state index in [9.17, 15) is 5.11 Å². The molecule has 0 aromatic heterocycles. The molecule has 3 aliphatic carbocycles. The van der Waals surface area contributed by atoms with Gasteiger partial charge in [0.05, 0.1) is 0 Å². The van der Waals surface area contributed by atoms with Crippen molar-refractivity contribution in [2.75, 3.05) is 13.2 Å².